The summed E-state index contributed by atoms with van der Waals surface area (Å²) in [5.41, 5.74) is 8.74. The third-order valence-corrected chi connectivity index (χ3v) is 7.20. The lowest BCUT2D eigenvalue weighted by atomic mass is 10.1. The van der Waals surface area contributed by atoms with Gasteiger partial charge in [0.25, 0.3) is 17.7 Å². The fourth-order valence-corrected chi connectivity index (χ4v) is 4.94. The molecule has 9 heteroatoms. The quantitative estimate of drug-likeness (QED) is 0.143. The zero-order chi connectivity index (χ0) is 30.1. The van der Waals surface area contributed by atoms with E-state index in [9.17, 15) is 19.2 Å². The molecule has 0 aliphatic heterocycles. The van der Waals surface area contributed by atoms with Crippen molar-refractivity contribution < 1.29 is 19.2 Å². The highest BCUT2D eigenvalue weighted by atomic mass is 32.2. The molecule has 0 spiro atoms. The molecule has 0 saturated heterocycles. The van der Waals surface area contributed by atoms with Crippen LogP contribution in [0.15, 0.2) is 114 Å². The van der Waals surface area contributed by atoms with E-state index in [4.69, 9.17) is 5.73 Å². The van der Waals surface area contributed by atoms with Gasteiger partial charge in [0.05, 0.1) is 16.5 Å². The maximum absolute atomic E-state index is 13.4. The number of thioether (sulfide) groups is 1. The summed E-state index contributed by atoms with van der Waals surface area (Å²) < 4.78 is 0. The highest BCUT2D eigenvalue weighted by molar-refractivity contribution is 8.00. The smallest absolute Gasteiger partial charge is 0.272 e. The van der Waals surface area contributed by atoms with E-state index in [1.807, 2.05) is 43.3 Å². The van der Waals surface area contributed by atoms with Crippen molar-refractivity contribution in [2.75, 3.05) is 10.6 Å². The Bertz CT molecular complexity index is 1650. The highest BCUT2D eigenvalue weighted by Crippen LogP contribution is 2.27. The van der Waals surface area contributed by atoms with Crippen LogP contribution in [0.2, 0.25) is 0 Å². The van der Waals surface area contributed by atoms with Crippen LogP contribution < -0.4 is 21.7 Å². The van der Waals surface area contributed by atoms with Crippen LogP contribution >= 0.6 is 11.8 Å². The molecular weight excluding hydrogens is 548 g/mol. The Morgan fingerprint density at radius 2 is 1.52 bits per heavy atom. The van der Waals surface area contributed by atoms with Crippen LogP contribution in [0.4, 0.5) is 11.4 Å². The van der Waals surface area contributed by atoms with Gasteiger partial charge in [-0.1, -0.05) is 66.2 Å². The van der Waals surface area contributed by atoms with Crippen LogP contribution in [-0.2, 0) is 9.59 Å². The lowest BCUT2D eigenvalue weighted by molar-refractivity contribution is -0.115. The van der Waals surface area contributed by atoms with E-state index >= 15 is 0 Å². The second kappa shape index (κ2) is 14.0. The van der Waals surface area contributed by atoms with E-state index in [1.54, 1.807) is 79.7 Å². The largest absolute Gasteiger partial charge is 0.366 e. The number of hydrogen-bond donors (Lipinski definition) is 4. The third kappa shape index (κ3) is 8.18. The number of anilines is 2. The fraction of sp³-hybridized carbons (Fsp3) is 0.0909. The van der Waals surface area contributed by atoms with Gasteiger partial charge in [-0.3, -0.25) is 19.2 Å². The minimum atomic E-state index is -0.634. The number of rotatable bonds is 10. The van der Waals surface area contributed by atoms with Crippen molar-refractivity contribution in [2.24, 2.45) is 5.73 Å². The van der Waals surface area contributed by atoms with E-state index in [-0.39, 0.29) is 17.2 Å². The third-order valence-electron chi connectivity index (χ3n) is 6.11. The summed E-state index contributed by atoms with van der Waals surface area (Å²) in [5.74, 6) is -1.86. The van der Waals surface area contributed by atoms with Gasteiger partial charge >= 0.3 is 0 Å². The zero-order valence-corrected chi connectivity index (χ0v) is 23.9. The molecule has 4 aromatic carbocycles. The van der Waals surface area contributed by atoms with Crippen molar-refractivity contribution >= 4 is 52.8 Å². The summed E-state index contributed by atoms with van der Waals surface area (Å²) in [6.07, 6.45) is 1.62. The minimum Gasteiger partial charge on any atom is -0.366 e. The van der Waals surface area contributed by atoms with E-state index in [0.717, 1.165) is 16.0 Å². The van der Waals surface area contributed by atoms with Crippen molar-refractivity contribution in [3.63, 3.8) is 0 Å². The van der Waals surface area contributed by atoms with Crippen LogP contribution in [0.3, 0.4) is 0 Å². The van der Waals surface area contributed by atoms with Crippen molar-refractivity contribution in [1.82, 2.24) is 5.32 Å². The van der Waals surface area contributed by atoms with Crippen molar-refractivity contribution in [3.05, 3.63) is 131 Å². The van der Waals surface area contributed by atoms with Crippen molar-refractivity contribution in [3.8, 4) is 0 Å². The van der Waals surface area contributed by atoms with Crippen LogP contribution in [0.5, 0.6) is 0 Å². The normalized spacial score (nSPS) is 11.7. The molecule has 1 atom stereocenters. The maximum atomic E-state index is 13.4. The summed E-state index contributed by atoms with van der Waals surface area (Å²) >= 11 is 1.28. The molecule has 1 unspecified atom stereocenters. The lowest BCUT2D eigenvalue weighted by Crippen LogP contribution is -2.30. The van der Waals surface area contributed by atoms with Crippen LogP contribution in [-0.4, -0.2) is 28.9 Å². The van der Waals surface area contributed by atoms with Crippen LogP contribution in [0.1, 0.15) is 38.8 Å². The molecule has 0 aliphatic carbocycles. The average Bonchev–Trinajstić information content (AvgIpc) is 2.97. The molecule has 4 aromatic rings. The number of nitrogens with one attached hydrogen (secondary N) is 3. The first-order chi connectivity index (χ1) is 20.2. The second-order valence-corrected chi connectivity index (χ2v) is 10.8. The number of benzene rings is 4. The molecule has 0 saturated carbocycles. The Morgan fingerprint density at radius 3 is 2.26 bits per heavy atom. The van der Waals surface area contributed by atoms with Crippen molar-refractivity contribution in [1.29, 1.82) is 0 Å². The zero-order valence-electron chi connectivity index (χ0n) is 23.1. The number of carbonyl (C=O) groups is 4. The fourth-order valence-electron chi connectivity index (χ4n) is 4.01. The molecule has 0 bridgehead atoms. The Morgan fingerprint density at radius 1 is 0.810 bits per heavy atom. The molecule has 4 amide bonds. The SMILES string of the molecule is Cc1cccc(/C=C(/NC(=O)c2ccccc2)C(=O)Nc2cccc(SC(C)C(=O)Nc3ccccc3C(N)=O)c2)c1. The average molecular weight is 579 g/mol. The molecule has 0 heterocycles. The topological polar surface area (TPSA) is 130 Å². The number of primary amides is 1. The monoisotopic (exact) mass is 578 g/mol. The number of nitrogens with two attached hydrogens (primary N) is 1. The summed E-state index contributed by atoms with van der Waals surface area (Å²) in [6.45, 7) is 3.68. The summed E-state index contributed by atoms with van der Waals surface area (Å²) in [4.78, 5) is 51.6. The van der Waals surface area contributed by atoms with E-state index < -0.39 is 23.0 Å². The number of carbonyl (C=O) groups excluding carboxylic acids is 4. The van der Waals surface area contributed by atoms with Gasteiger partial charge in [0.15, 0.2) is 0 Å². The Labute approximate surface area is 248 Å². The van der Waals surface area contributed by atoms with Crippen molar-refractivity contribution in [2.45, 2.75) is 24.0 Å². The van der Waals surface area contributed by atoms with Crippen LogP contribution in [0, 0.1) is 6.92 Å². The van der Waals surface area contributed by atoms with Crippen LogP contribution in [0.25, 0.3) is 6.08 Å². The number of aryl methyl sites for hydroxylation is 1. The second-order valence-electron chi connectivity index (χ2n) is 9.43. The maximum Gasteiger partial charge on any atom is 0.272 e. The van der Waals surface area contributed by atoms with Gasteiger partial charge < -0.3 is 21.7 Å². The first-order valence-electron chi connectivity index (χ1n) is 13.1. The molecular formula is C33H30N4O4S. The molecule has 5 N–H and O–H groups in total. The van der Waals surface area contributed by atoms with E-state index in [0.29, 0.717) is 16.9 Å². The molecule has 42 heavy (non-hydrogen) atoms. The first-order valence-corrected chi connectivity index (χ1v) is 14.0. The van der Waals surface area contributed by atoms with Gasteiger partial charge in [0, 0.05) is 16.1 Å². The minimum absolute atomic E-state index is 0.0772. The molecule has 0 aliphatic rings. The first kappa shape index (κ1) is 29.8. The standard InChI is InChI=1S/C33H30N4O4S/c1-21-10-8-11-23(18-21)19-29(37-32(40)24-12-4-3-5-13-24)33(41)35-25-14-9-15-26(20-25)42-22(2)31(39)36-28-17-7-6-16-27(28)30(34)38/h3-20,22H,1-2H3,(H2,34,38)(H,35,41)(H,36,39)(H,37,40)/b29-19+. The molecule has 0 aromatic heterocycles. The Kier molecular flexibility index (Phi) is 9.91. The summed E-state index contributed by atoms with van der Waals surface area (Å²) in [5, 5.41) is 7.81. The predicted octanol–water partition coefficient (Wildman–Crippen LogP) is 5.62. The Balaban J connectivity index is 1.48. The molecule has 0 fully saturated rings. The van der Waals surface area contributed by atoms with E-state index in [2.05, 4.69) is 16.0 Å². The predicted molar refractivity (Wildman–Crippen MR) is 167 cm³/mol. The molecule has 8 nitrogen and oxygen atoms in total. The van der Waals surface area contributed by atoms with Gasteiger partial charge in [0.2, 0.25) is 5.91 Å². The summed E-state index contributed by atoms with van der Waals surface area (Å²) in [6, 6.07) is 29.8. The molecule has 212 valence electrons. The lowest BCUT2D eigenvalue weighted by Gasteiger charge is -2.15. The van der Waals surface area contributed by atoms with Gasteiger partial charge in [-0.2, -0.15) is 0 Å². The van der Waals surface area contributed by atoms with Gasteiger partial charge in [-0.25, -0.2) is 0 Å². The number of amides is 4. The molecule has 0 radical (unpaired) electrons. The highest BCUT2D eigenvalue weighted by Gasteiger charge is 2.19. The van der Waals surface area contributed by atoms with Gasteiger partial charge in [0.1, 0.15) is 5.70 Å². The molecule has 4 rings (SSSR count). The van der Waals surface area contributed by atoms with E-state index in [1.165, 1.54) is 11.8 Å². The number of para-hydroxylation sites is 1. The Hall–Kier alpha value is -5.15. The van der Waals surface area contributed by atoms with Gasteiger partial charge in [-0.05, 0) is 68.0 Å². The summed E-state index contributed by atoms with van der Waals surface area (Å²) in [7, 11) is 0. The van der Waals surface area contributed by atoms with Gasteiger partial charge in [-0.15, -0.1) is 11.8 Å². The number of hydrogen-bond acceptors (Lipinski definition) is 5.